The van der Waals surface area contributed by atoms with Crippen LogP contribution in [0.15, 0.2) is 36.5 Å². The average molecular weight is 464 g/mol. The number of carboxylic acid groups (broad SMARTS) is 1. The monoisotopic (exact) mass is 463 g/mol. The van der Waals surface area contributed by atoms with Crippen LogP contribution in [0.4, 0.5) is 17.3 Å². The Hall–Kier alpha value is -2.81. The van der Waals surface area contributed by atoms with Crippen LogP contribution in [0.5, 0.6) is 0 Å². The van der Waals surface area contributed by atoms with Crippen molar-refractivity contribution >= 4 is 41.5 Å². The van der Waals surface area contributed by atoms with Crippen molar-refractivity contribution in [1.82, 2.24) is 9.97 Å². The first-order valence-electron chi connectivity index (χ1n) is 10.7. The van der Waals surface area contributed by atoms with Gasteiger partial charge in [0.15, 0.2) is 11.5 Å². The fraction of sp³-hybridized carbons (Fsp3) is 0.478. The summed E-state index contributed by atoms with van der Waals surface area (Å²) < 4.78 is 0. The molecule has 0 spiro atoms. The van der Waals surface area contributed by atoms with Crippen LogP contribution in [0, 0.1) is 0 Å². The van der Waals surface area contributed by atoms with Gasteiger partial charge in [-0.05, 0) is 43.2 Å². The van der Waals surface area contributed by atoms with E-state index < -0.39 is 5.97 Å². The largest absolute Gasteiger partial charge is 0.477 e. The number of fused-ring (bicyclic) bond motifs is 4. The van der Waals surface area contributed by atoms with E-state index in [0.717, 1.165) is 31.0 Å². The predicted octanol–water partition coefficient (Wildman–Crippen LogP) is 4.49. The summed E-state index contributed by atoms with van der Waals surface area (Å²) in [7, 11) is 1.99. The van der Waals surface area contributed by atoms with Gasteiger partial charge >= 0.3 is 5.97 Å². The van der Waals surface area contributed by atoms with Gasteiger partial charge in [0.1, 0.15) is 5.82 Å². The molecule has 2 aromatic rings. The lowest BCUT2D eigenvalue weighted by atomic mass is 10.2. The van der Waals surface area contributed by atoms with Crippen LogP contribution >= 0.6 is 11.8 Å². The van der Waals surface area contributed by atoms with E-state index in [-0.39, 0.29) is 5.69 Å². The number of likely N-dealkylation sites (N-methyl/N-ethyl adjacent to an activating group) is 1. The molecule has 2 bridgehead atoms. The van der Waals surface area contributed by atoms with Gasteiger partial charge in [-0.2, -0.15) is 11.8 Å². The molecule has 2 aliphatic rings. The van der Waals surface area contributed by atoms with Crippen LogP contribution < -0.4 is 15.1 Å². The SMILES string of the molecule is CC.CC.CN1c2nc(C(=O)O)ccc2N2CCC1C2.CSC.O=CNc1ccccn1. The topological polar surface area (TPSA) is 98.7 Å². The van der Waals surface area contributed by atoms with Crippen molar-refractivity contribution in [3.8, 4) is 0 Å². The number of carbonyl (C=O) groups excluding carboxylic acids is 1. The number of aromatic nitrogens is 2. The number of nitrogens with zero attached hydrogens (tertiary/aromatic N) is 4. The van der Waals surface area contributed by atoms with Gasteiger partial charge in [-0.1, -0.05) is 33.8 Å². The third kappa shape index (κ3) is 8.74. The average Bonchev–Trinajstić information content (AvgIpc) is 3.28. The maximum Gasteiger partial charge on any atom is 0.354 e. The summed E-state index contributed by atoms with van der Waals surface area (Å²) in [4.78, 5) is 33.1. The van der Waals surface area contributed by atoms with Crippen molar-refractivity contribution in [2.24, 2.45) is 0 Å². The highest BCUT2D eigenvalue weighted by Gasteiger charge is 2.35. The van der Waals surface area contributed by atoms with Crippen LogP contribution in [-0.4, -0.2) is 66.1 Å². The van der Waals surface area contributed by atoms with Crippen LogP contribution in [0.3, 0.4) is 0 Å². The number of nitrogens with one attached hydrogen (secondary N) is 1. The molecule has 32 heavy (non-hydrogen) atoms. The molecule has 9 heteroatoms. The van der Waals surface area contributed by atoms with Crippen LogP contribution in [-0.2, 0) is 4.79 Å². The first kappa shape index (κ1) is 29.2. The van der Waals surface area contributed by atoms with Crippen LogP contribution in [0.25, 0.3) is 0 Å². The Labute approximate surface area is 196 Å². The van der Waals surface area contributed by atoms with Crippen LogP contribution in [0.2, 0.25) is 0 Å². The summed E-state index contributed by atoms with van der Waals surface area (Å²) in [6.45, 7) is 10.1. The zero-order valence-corrected chi connectivity index (χ0v) is 21.0. The second-order valence-electron chi connectivity index (χ2n) is 6.23. The van der Waals surface area contributed by atoms with Gasteiger partial charge in [0, 0.05) is 32.4 Å². The number of aromatic carboxylic acids is 1. The standard InChI is InChI=1S/C11H13N3O2.C6H6N2O.C2H6S.2C2H6/c1-13-7-4-5-14(6-7)9-3-2-8(11(15)16)12-10(9)13;9-5-8-6-3-1-2-4-7-6;1-3-2;2*1-2/h2-3,7H,4-6H2,1H3,(H,15,16);1-5H,(H,7,8,9);1-2H3;2*1-2H3. The normalized spacial score (nSPS) is 14.4. The molecule has 1 fully saturated rings. The van der Waals surface area contributed by atoms with Gasteiger partial charge in [-0.15, -0.1) is 0 Å². The summed E-state index contributed by atoms with van der Waals surface area (Å²) in [6.07, 6.45) is 7.42. The third-order valence-corrected chi connectivity index (χ3v) is 4.33. The van der Waals surface area contributed by atoms with E-state index in [4.69, 9.17) is 5.11 Å². The molecule has 0 saturated carbocycles. The van der Waals surface area contributed by atoms with E-state index in [2.05, 4.69) is 25.1 Å². The number of amides is 1. The molecule has 2 aliphatic heterocycles. The molecule has 2 N–H and O–H groups in total. The Morgan fingerprint density at radius 1 is 1.19 bits per heavy atom. The molecule has 1 unspecified atom stereocenters. The molecule has 1 atom stereocenters. The Balaban J connectivity index is 0.000000512. The zero-order valence-electron chi connectivity index (χ0n) is 20.2. The molecule has 8 nitrogen and oxygen atoms in total. The number of thioether (sulfide) groups is 1. The summed E-state index contributed by atoms with van der Waals surface area (Å²) in [5, 5.41) is 11.3. The lowest BCUT2D eigenvalue weighted by Gasteiger charge is -2.34. The van der Waals surface area contributed by atoms with Gasteiger partial charge in [0.2, 0.25) is 6.41 Å². The molecule has 1 amide bonds. The molecular weight excluding hydrogens is 426 g/mol. The highest BCUT2D eigenvalue weighted by atomic mass is 32.2. The minimum absolute atomic E-state index is 0.119. The Bertz CT molecular complexity index is 792. The van der Waals surface area contributed by atoms with E-state index in [0.29, 0.717) is 18.3 Å². The quantitative estimate of drug-likeness (QED) is 0.643. The van der Waals surface area contributed by atoms with Gasteiger partial charge in [-0.3, -0.25) is 4.79 Å². The summed E-state index contributed by atoms with van der Waals surface area (Å²) in [5.41, 5.74) is 1.18. The predicted molar refractivity (Wildman–Crippen MR) is 136 cm³/mol. The van der Waals surface area contributed by atoms with Gasteiger partial charge in [0.25, 0.3) is 0 Å². The molecule has 0 aromatic carbocycles. The second-order valence-corrected chi connectivity index (χ2v) is 7.05. The van der Waals surface area contributed by atoms with E-state index in [9.17, 15) is 9.59 Å². The molecule has 4 heterocycles. The van der Waals surface area contributed by atoms with Crippen LogP contribution in [0.1, 0.15) is 44.6 Å². The van der Waals surface area contributed by atoms with Gasteiger partial charge in [0.05, 0.1) is 5.69 Å². The highest BCUT2D eigenvalue weighted by Crippen LogP contribution is 2.37. The maximum atomic E-state index is 10.9. The van der Waals surface area contributed by atoms with E-state index in [1.165, 1.54) is 0 Å². The first-order valence-corrected chi connectivity index (χ1v) is 12.4. The van der Waals surface area contributed by atoms with Crippen molar-refractivity contribution in [3.05, 3.63) is 42.2 Å². The number of pyridine rings is 2. The first-order chi connectivity index (χ1) is 15.5. The molecule has 1 saturated heterocycles. The number of carboxylic acids is 1. The van der Waals surface area contributed by atoms with E-state index >= 15 is 0 Å². The summed E-state index contributed by atoms with van der Waals surface area (Å²) >= 11 is 1.75. The summed E-state index contributed by atoms with van der Waals surface area (Å²) in [5.74, 6) is 0.408. The van der Waals surface area contributed by atoms with Crippen molar-refractivity contribution < 1.29 is 14.7 Å². The fourth-order valence-corrected chi connectivity index (χ4v) is 3.02. The fourth-order valence-electron chi connectivity index (χ4n) is 3.02. The third-order valence-electron chi connectivity index (χ3n) is 4.33. The second kappa shape index (κ2) is 16.8. The van der Waals surface area contributed by atoms with Gasteiger partial charge < -0.3 is 20.2 Å². The highest BCUT2D eigenvalue weighted by molar-refractivity contribution is 7.97. The van der Waals surface area contributed by atoms with E-state index in [1.54, 1.807) is 42.2 Å². The molecule has 2 aromatic heterocycles. The Morgan fingerprint density at radius 2 is 1.84 bits per heavy atom. The maximum absolute atomic E-state index is 10.9. The number of carbonyl (C=O) groups is 2. The minimum atomic E-state index is -0.968. The molecule has 178 valence electrons. The Morgan fingerprint density at radius 3 is 2.38 bits per heavy atom. The van der Waals surface area contributed by atoms with Crippen molar-refractivity contribution in [1.29, 1.82) is 0 Å². The van der Waals surface area contributed by atoms with Gasteiger partial charge in [-0.25, -0.2) is 14.8 Å². The lowest BCUT2D eigenvalue weighted by Crippen LogP contribution is -2.40. The minimum Gasteiger partial charge on any atom is -0.477 e. The molecular formula is C23H37N5O3S. The lowest BCUT2D eigenvalue weighted by molar-refractivity contribution is -0.105. The molecule has 0 aliphatic carbocycles. The van der Waals surface area contributed by atoms with Crippen molar-refractivity contribution in [3.63, 3.8) is 0 Å². The zero-order chi connectivity index (χ0) is 24.5. The Kier molecular flexibility index (Phi) is 15.4. The number of rotatable bonds is 3. The van der Waals surface area contributed by atoms with Crippen molar-refractivity contribution in [2.45, 2.75) is 40.2 Å². The molecule has 4 rings (SSSR count). The number of hydrogen-bond donors (Lipinski definition) is 2. The van der Waals surface area contributed by atoms with Crippen molar-refractivity contribution in [2.75, 3.05) is 47.8 Å². The number of hydrogen-bond acceptors (Lipinski definition) is 7. The summed E-state index contributed by atoms with van der Waals surface area (Å²) in [6, 6.07) is 9.23. The van der Waals surface area contributed by atoms with E-state index in [1.807, 2.05) is 53.3 Å². The smallest absolute Gasteiger partial charge is 0.354 e. The molecule has 0 radical (unpaired) electrons. The number of anilines is 3.